The van der Waals surface area contributed by atoms with E-state index in [0.29, 0.717) is 19.6 Å². The Labute approximate surface area is 106 Å². The first-order valence-electron chi connectivity index (χ1n) is 6.00. The fourth-order valence-electron chi connectivity index (χ4n) is 2.04. The topological polar surface area (TPSA) is 98.7 Å². The second-order valence-electron chi connectivity index (χ2n) is 4.21. The van der Waals surface area contributed by atoms with E-state index in [0.717, 1.165) is 0 Å². The Kier molecular flexibility index (Phi) is 5.08. The first kappa shape index (κ1) is 14.4. The van der Waals surface area contributed by atoms with Crippen molar-refractivity contribution in [2.45, 2.75) is 32.4 Å². The molecule has 0 aromatic heterocycles. The molecule has 7 heteroatoms. The van der Waals surface area contributed by atoms with Crippen molar-refractivity contribution in [3.63, 3.8) is 0 Å². The molecule has 2 atom stereocenters. The minimum absolute atomic E-state index is 0.192. The number of aliphatic carboxylic acids is 1. The average molecular weight is 257 g/mol. The van der Waals surface area contributed by atoms with Crippen LogP contribution < -0.4 is 10.6 Å². The Morgan fingerprint density at radius 1 is 1.61 bits per heavy atom. The normalized spacial score (nSPS) is 22.1. The van der Waals surface area contributed by atoms with Crippen LogP contribution in [0, 0.1) is 0 Å². The fraction of sp³-hybridized carbons (Fsp3) is 0.727. The Bertz CT molecular complexity index is 345. The summed E-state index contributed by atoms with van der Waals surface area (Å²) in [5.41, 5.74) is 0. The molecule has 1 heterocycles. The molecule has 0 radical (unpaired) electrons. The third-order valence-corrected chi connectivity index (χ3v) is 2.97. The van der Waals surface area contributed by atoms with Crippen LogP contribution in [0.3, 0.4) is 0 Å². The number of piperazine rings is 1. The zero-order valence-corrected chi connectivity index (χ0v) is 10.6. The standard InChI is InChI=1S/C11H19N3O4/c1-3-12-10(17)7(2)14-5-4-13-11(18)8(14)6-9(15)16/h7-8H,3-6H2,1-2H3,(H,12,17)(H,13,18)(H,15,16). The quantitative estimate of drug-likeness (QED) is 0.574. The highest BCUT2D eigenvalue weighted by molar-refractivity contribution is 5.88. The second-order valence-corrected chi connectivity index (χ2v) is 4.21. The maximum Gasteiger partial charge on any atom is 0.305 e. The lowest BCUT2D eigenvalue weighted by Gasteiger charge is -2.37. The smallest absolute Gasteiger partial charge is 0.305 e. The van der Waals surface area contributed by atoms with E-state index >= 15 is 0 Å². The molecule has 0 bridgehead atoms. The third kappa shape index (κ3) is 3.43. The minimum Gasteiger partial charge on any atom is -0.481 e. The number of nitrogens with one attached hydrogen (secondary N) is 2. The van der Waals surface area contributed by atoms with E-state index in [1.165, 1.54) is 0 Å². The number of hydrogen-bond donors (Lipinski definition) is 3. The van der Waals surface area contributed by atoms with Crippen LogP contribution in [-0.4, -0.2) is 59.5 Å². The molecule has 0 spiro atoms. The van der Waals surface area contributed by atoms with E-state index in [-0.39, 0.29) is 18.2 Å². The molecule has 18 heavy (non-hydrogen) atoms. The number of carbonyl (C=O) groups is 3. The van der Waals surface area contributed by atoms with Crippen molar-refractivity contribution < 1.29 is 19.5 Å². The van der Waals surface area contributed by atoms with Gasteiger partial charge in [-0.2, -0.15) is 0 Å². The number of likely N-dealkylation sites (N-methyl/N-ethyl adjacent to an activating group) is 1. The number of hydrogen-bond acceptors (Lipinski definition) is 4. The largest absolute Gasteiger partial charge is 0.481 e. The van der Waals surface area contributed by atoms with Crippen molar-refractivity contribution in [3.8, 4) is 0 Å². The van der Waals surface area contributed by atoms with Gasteiger partial charge >= 0.3 is 5.97 Å². The minimum atomic E-state index is -1.05. The molecule has 102 valence electrons. The van der Waals surface area contributed by atoms with Crippen molar-refractivity contribution in [2.24, 2.45) is 0 Å². The lowest BCUT2D eigenvalue weighted by molar-refractivity contribution is -0.145. The summed E-state index contributed by atoms with van der Waals surface area (Å²) in [5.74, 6) is -1.58. The maximum atomic E-state index is 11.7. The number of carboxylic acid groups (broad SMARTS) is 1. The molecular weight excluding hydrogens is 238 g/mol. The lowest BCUT2D eigenvalue weighted by atomic mass is 10.1. The van der Waals surface area contributed by atoms with Gasteiger partial charge in [0, 0.05) is 19.6 Å². The van der Waals surface area contributed by atoms with E-state index in [9.17, 15) is 14.4 Å². The first-order valence-corrected chi connectivity index (χ1v) is 6.00. The molecule has 3 N–H and O–H groups in total. The van der Waals surface area contributed by atoms with Crippen molar-refractivity contribution >= 4 is 17.8 Å². The van der Waals surface area contributed by atoms with Crippen LogP contribution in [0.2, 0.25) is 0 Å². The molecular formula is C11H19N3O4. The van der Waals surface area contributed by atoms with Gasteiger partial charge in [0.25, 0.3) is 0 Å². The summed E-state index contributed by atoms with van der Waals surface area (Å²) in [7, 11) is 0. The Balaban J connectivity index is 2.78. The summed E-state index contributed by atoms with van der Waals surface area (Å²) < 4.78 is 0. The van der Waals surface area contributed by atoms with E-state index in [4.69, 9.17) is 5.11 Å². The highest BCUT2D eigenvalue weighted by Gasteiger charge is 2.36. The van der Waals surface area contributed by atoms with Gasteiger partial charge in [0.05, 0.1) is 12.5 Å². The van der Waals surface area contributed by atoms with Crippen molar-refractivity contribution in [1.82, 2.24) is 15.5 Å². The Morgan fingerprint density at radius 3 is 2.83 bits per heavy atom. The van der Waals surface area contributed by atoms with Crippen molar-refractivity contribution in [1.29, 1.82) is 0 Å². The van der Waals surface area contributed by atoms with Gasteiger partial charge in [-0.3, -0.25) is 19.3 Å². The molecule has 1 rings (SSSR count). The lowest BCUT2D eigenvalue weighted by Crippen LogP contribution is -2.61. The fourth-order valence-corrected chi connectivity index (χ4v) is 2.04. The predicted octanol–water partition coefficient (Wildman–Crippen LogP) is -1.21. The van der Waals surface area contributed by atoms with E-state index in [1.807, 2.05) is 6.92 Å². The zero-order chi connectivity index (χ0) is 13.7. The molecule has 2 amide bonds. The Hall–Kier alpha value is -1.63. The molecule has 1 saturated heterocycles. The number of amides is 2. The SMILES string of the molecule is CCNC(=O)C(C)N1CCNC(=O)C1CC(=O)O. The third-order valence-electron chi connectivity index (χ3n) is 2.97. The summed E-state index contributed by atoms with van der Waals surface area (Å²) in [6.45, 7) is 4.90. The zero-order valence-electron chi connectivity index (χ0n) is 10.6. The Morgan fingerprint density at radius 2 is 2.28 bits per heavy atom. The highest BCUT2D eigenvalue weighted by atomic mass is 16.4. The number of carboxylic acids is 1. The van der Waals surface area contributed by atoms with Crippen LogP contribution in [0.15, 0.2) is 0 Å². The summed E-state index contributed by atoms with van der Waals surface area (Å²) in [5, 5.41) is 14.1. The number of nitrogens with zero attached hydrogens (tertiary/aromatic N) is 1. The van der Waals surface area contributed by atoms with Crippen LogP contribution in [-0.2, 0) is 14.4 Å². The number of rotatable bonds is 5. The maximum absolute atomic E-state index is 11.7. The van der Waals surface area contributed by atoms with Crippen molar-refractivity contribution in [2.75, 3.05) is 19.6 Å². The molecule has 1 fully saturated rings. The molecule has 1 aliphatic rings. The van der Waals surface area contributed by atoms with Crippen LogP contribution >= 0.6 is 0 Å². The molecule has 2 unspecified atom stereocenters. The van der Waals surface area contributed by atoms with Crippen LogP contribution in [0.1, 0.15) is 20.3 Å². The van der Waals surface area contributed by atoms with E-state index in [1.54, 1.807) is 11.8 Å². The van der Waals surface area contributed by atoms with Gasteiger partial charge in [-0.1, -0.05) is 0 Å². The monoisotopic (exact) mass is 257 g/mol. The molecule has 0 aromatic carbocycles. The van der Waals surface area contributed by atoms with Crippen molar-refractivity contribution in [3.05, 3.63) is 0 Å². The predicted molar refractivity (Wildman–Crippen MR) is 63.9 cm³/mol. The van der Waals surface area contributed by atoms with E-state index in [2.05, 4.69) is 10.6 Å². The molecule has 0 aliphatic carbocycles. The van der Waals surface area contributed by atoms with Gasteiger partial charge < -0.3 is 15.7 Å². The van der Waals surface area contributed by atoms with Gasteiger partial charge in [-0.15, -0.1) is 0 Å². The summed E-state index contributed by atoms with van der Waals surface area (Å²) >= 11 is 0. The van der Waals surface area contributed by atoms with Gasteiger partial charge in [0.1, 0.15) is 6.04 Å². The molecule has 0 aromatic rings. The van der Waals surface area contributed by atoms with Crippen LogP contribution in [0.5, 0.6) is 0 Å². The second kappa shape index (κ2) is 6.34. The number of carbonyl (C=O) groups excluding carboxylic acids is 2. The summed E-state index contributed by atoms with van der Waals surface area (Å²) in [6, 6.07) is -1.30. The first-order chi connectivity index (χ1) is 8.47. The average Bonchev–Trinajstić information content (AvgIpc) is 2.30. The molecule has 1 aliphatic heterocycles. The molecule has 7 nitrogen and oxygen atoms in total. The highest BCUT2D eigenvalue weighted by Crippen LogP contribution is 2.13. The summed E-state index contributed by atoms with van der Waals surface area (Å²) in [6.07, 6.45) is -0.296. The van der Waals surface area contributed by atoms with E-state index < -0.39 is 18.1 Å². The van der Waals surface area contributed by atoms with Crippen LogP contribution in [0.25, 0.3) is 0 Å². The molecule has 0 saturated carbocycles. The van der Waals surface area contributed by atoms with Crippen LogP contribution in [0.4, 0.5) is 0 Å². The van der Waals surface area contributed by atoms with Gasteiger partial charge in [-0.05, 0) is 13.8 Å². The van der Waals surface area contributed by atoms with Gasteiger partial charge in [0.2, 0.25) is 11.8 Å². The van der Waals surface area contributed by atoms with Gasteiger partial charge in [-0.25, -0.2) is 0 Å². The summed E-state index contributed by atoms with van der Waals surface area (Å²) in [4.78, 5) is 35.8. The van der Waals surface area contributed by atoms with Gasteiger partial charge in [0.15, 0.2) is 0 Å².